The molecule has 4 nitrogen and oxygen atoms in total. The number of carbonyl (C=O) groups is 2. The Morgan fingerprint density at radius 1 is 0.796 bits per heavy atom. The van der Waals surface area contributed by atoms with E-state index >= 15 is 0 Å². The fourth-order valence-electron chi connectivity index (χ4n) is 6.84. The Labute approximate surface area is 332 Å². The molecule has 0 unspecified atom stereocenters. The van der Waals surface area contributed by atoms with Crippen molar-refractivity contribution in [1.29, 1.82) is 0 Å². The van der Waals surface area contributed by atoms with E-state index < -0.39 is 19.8 Å². The Balaban J connectivity index is 0.000000203. The minimum atomic E-state index is -0.967. The fraction of sp³-hybridized carbons (Fsp3) is 0.619. The van der Waals surface area contributed by atoms with Gasteiger partial charge in [-0.15, -0.1) is 0 Å². The number of hydrogen-bond acceptors (Lipinski definition) is 4. The molecule has 0 radical (unpaired) electrons. The van der Waals surface area contributed by atoms with Crippen LogP contribution in [0.3, 0.4) is 0 Å². The number of benzene rings is 2. The number of rotatable bonds is 16. The van der Waals surface area contributed by atoms with E-state index in [1.807, 2.05) is 13.0 Å². The fourth-order valence-corrected chi connectivity index (χ4v) is 19.8. The van der Waals surface area contributed by atoms with Gasteiger partial charge in [0.1, 0.15) is 29.7 Å². The molecule has 1 heterocycles. The van der Waals surface area contributed by atoms with Gasteiger partial charge in [-0.1, -0.05) is 32.6 Å². The van der Waals surface area contributed by atoms with Crippen LogP contribution in [0.25, 0.3) is 0 Å². The van der Waals surface area contributed by atoms with Gasteiger partial charge in [-0.25, -0.2) is 0 Å². The van der Waals surface area contributed by atoms with Crippen LogP contribution in [-0.4, -0.2) is 44.5 Å². The zero-order valence-electron chi connectivity index (χ0n) is 31.7. The summed E-state index contributed by atoms with van der Waals surface area (Å²) in [4.78, 5) is 23.6. The van der Waals surface area contributed by atoms with Gasteiger partial charge in [-0.05, 0) is 127 Å². The first-order chi connectivity index (χ1) is 23.2. The minimum absolute atomic E-state index is 0.0677. The molecule has 0 N–H and O–H groups in total. The van der Waals surface area contributed by atoms with Crippen LogP contribution in [-0.2, 0) is 25.8 Å². The van der Waals surface area contributed by atoms with Crippen LogP contribution in [0.5, 0.6) is 11.5 Å². The summed E-state index contributed by atoms with van der Waals surface area (Å²) in [6, 6.07) is 10.5. The van der Waals surface area contributed by atoms with E-state index in [1.54, 1.807) is 27.2 Å². The number of carbonyl (C=O) groups excluding carboxylic acids is 2. The SMILES string of the molecule is C=C(C)COc1c(I)cc(C2(C(C)=O)CC2)cc1I.CC(=O)C1(c2ccc3c(c2)C(C)(C)CO3)CC1.CCC[CH2][SnH]([CH2]CCC)[CH2]CCC. The van der Waals surface area contributed by atoms with Crippen molar-refractivity contribution in [3.63, 3.8) is 0 Å². The molecule has 2 aliphatic carbocycles. The number of ketones is 2. The Kier molecular flexibility index (Phi) is 17.0. The second-order valence-electron chi connectivity index (χ2n) is 15.5. The number of fused-ring (bicyclic) bond motifs is 1. The van der Waals surface area contributed by atoms with Crippen LogP contribution < -0.4 is 9.47 Å². The van der Waals surface area contributed by atoms with Crippen molar-refractivity contribution >= 4 is 76.5 Å². The molecule has 0 atom stereocenters. The molecule has 0 amide bonds. The van der Waals surface area contributed by atoms with Crippen molar-refractivity contribution < 1.29 is 19.1 Å². The molecule has 2 aromatic carbocycles. The van der Waals surface area contributed by atoms with Gasteiger partial charge in [0.2, 0.25) is 0 Å². The maximum absolute atomic E-state index is 11.8. The van der Waals surface area contributed by atoms with Gasteiger partial charge >= 0.3 is 92.4 Å². The number of hydrogen-bond donors (Lipinski definition) is 0. The standard InChI is InChI=1S/C15H16I2O2.C15H18O2.3C4H9.Sn.H/c1-9(2)8-19-14-12(16)6-11(7-13(14)17)15(4-5-15)10(3)18;1-10(16)15(6-7-15)11-4-5-13-12(8-11)14(2,3)9-17-13;3*1-3-4-2;;/h6-7H,1,4-5,8H2,2-3H3;4-5,8H,6-7,9H2,1-3H3;3*1,3-4H2,2H3;;. The summed E-state index contributed by atoms with van der Waals surface area (Å²) in [6.45, 7) is 21.8. The third-order valence-corrected chi connectivity index (χ3v) is 22.7. The first kappa shape index (κ1) is 42.8. The summed E-state index contributed by atoms with van der Waals surface area (Å²) in [5.74, 6) is 2.45. The van der Waals surface area contributed by atoms with Crippen molar-refractivity contribution in [2.75, 3.05) is 13.2 Å². The van der Waals surface area contributed by atoms with Crippen LogP contribution in [0.15, 0.2) is 42.5 Å². The van der Waals surface area contributed by atoms with E-state index in [0.29, 0.717) is 12.4 Å². The molecule has 272 valence electrons. The Hall–Kier alpha value is -0.621. The predicted molar refractivity (Wildman–Crippen MR) is 227 cm³/mol. The van der Waals surface area contributed by atoms with Crippen LogP contribution in [0, 0.1) is 7.14 Å². The summed E-state index contributed by atoms with van der Waals surface area (Å²) < 4.78 is 18.7. The van der Waals surface area contributed by atoms with Crippen LogP contribution in [0.1, 0.15) is 136 Å². The van der Waals surface area contributed by atoms with Gasteiger partial charge in [0.15, 0.2) is 0 Å². The van der Waals surface area contributed by atoms with E-state index in [4.69, 9.17) is 9.47 Å². The molecule has 5 rings (SSSR count). The van der Waals surface area contributed by atoms with Crippen molar-refractivity contribution in [2.24, 2.45) is 0 Å². The number of unbranched alkanes of at least 4 members (excludes halogenated alkanes) is 3. The normalized spacial score (nSPS) is 17.0. The maximum atomic E-state index is 11.8. The Morgan fingerprint density at radius 2 is 1.27 bits per heavy atom. The zero-order valence-corrected chi connectivity index (χ0v) is 39.3. The Bertz CT molecular complexity index is 1400. The Morgan fingerprint density at radius 3 is 1.67 bits per heavy atom. The van der Waals surface area contributed by atoms with E-state index in [9.17, 15) is 9.59 Å². The average Bonchev–Trinajstić information content (AvgIpc) is 3.98. The van der Waals surface area contributed by atoms with Gasteiger partial charge in [0, 0.05) is 11.0 Å². The summed E-state index contributed by atoms with van der Waals surface area (Å²) in [5, 5.41) is 0. The zero-order chi connectivity index (χ0) is 36.4. The van der Waals surface area contributed by atoms with E-state index in [-0.39, 0.29) is 22.0 Å². The first-order valence-corrected chi connectivity index (χ1v) is 27.9. The van der Waals surface area contributed by atoms with Crippen molar-refractivity contribution in [3.8, 4) is 11.5 Å². The van der Waals surface area contributed by atoms with Crippen molar-refractivity contribution in [1.82, 2.24) is 0 Å². The predicted octanol–water partition coefficient (Wildman–Crippen LogP) is 12.1. The number of ether oxygens (including phenoxy) is 2. The molecule has 2 fully saturated rings. The molecule has 2 aromatic rings. The summed E-state index contributed by atoms with van der Waals surface area (Å²) >= 11 is 3.59. The molecule has 2 saturated carbocycles. The summed E-state index contributed by atoms with van der Waals surface area (Å²) in [6.07, 6.45) is 12.8. The molecule has 0 bridgehead atoms. The van der Waals surface area contributed by atoms with Crippen LogP contribution >= 0.6 is 45.2 Å². The second kappa shape index (κ2) is 19.5. The summed E-state index contributed by atoms with van der Waals surface area (Å²) in [5.41, 5.74) is 4.25. The molecular formula is C42H62I2O4Sn. The van der Waals surface area contributed by atoms with E-state index in [0.717, 1.165) is 62.1 Å². The average molecular weight is 1000 g/mol. The van der Waals surface area contributed by atoms with Gasteiger partial charge in [0.05, 0.1) is 24.6 Å². The van der Waals surface area contributed by atoms with Gasteiger partial charge in [-0.2, -0.15) is 0 Å². The molecule has 0 saturated heterocycles. The molecule has 1 aliphatic heterocycles. The molecule has 7 heteroatoms. The van der Waals surface area contributed by atoms with Crippen LogP contribution in [0.4, 0.5) is 0 Å². The molecular weight excluding hydrogens is 941 g/mol. The molecule has 0 spiro atoms. The first-order valence-electron chi connectivity index (χ1n) is 18.7. The summed E-state index contributed by atoms with van der Waals surface area (Å²) in [7, 11) is 0. The van der Waals surface area contributed by atoms with Crippen molar-refractivity contribution in [2.45, 2.75) is 149 Å². The van der Waals surface area contributed by atoms with Crippen molar-refractivity contribution in [3.05, 3.63) is 66.3 Å². The third kappa shape index (κ3) is 11.7. The molecule has 0 aromatic heterocycles. The molecule has 49 heavy (non-hydrogen) atoms. The van der Waals surface area contributed by atoms with Gasteiger partial charge in [-0.3, -0.25) is 9.59 Å². The van der Waals surface area contributed by atoms with Gasteiger partial charge < -0.3 is 9.47 Å². The van der Waals surface area contributed by atoms with Crippen LogP contribution in [0.2, 0.25) is 13.3 Å². The third-order valence-electron chi connectivity index (χ3n) is 10.6. The number of halogens is 2. The second-order valence-corrected chi connectivity index (χ2v) is 27.7. The molecule has 3 aliphatic rings. The van der Waals surface area contributed by atoms with E-state index in [1.165, 1.54) is 49.7 Å². The monoisotopic (exact) mass is 1000 g/mol. The topological polar surface area (TPSA) is 52.6 Å². The van der Waals surface area contributed by atoms with Gasteiger partial charge in [0.25, 0.3) is 0 Å². The number of Topliss-reactive ketones (excluding diaryl/α,β-unsaturated/α-hetero) is 2. The van der Waals surface area contributed by atoms with E-state index in [2.05, 4.69) is 111 Å². The quantitative estimate of drug-likeness (QED) is 0.0955.